The van der Waals surface area contributed by atoms with Gasteiger partial charge in [0.2, 0.25) is 5.82 Å². The van der Waals surface area contributed by atoms with Gasteiger partial charge < -0.3 is 14.6 Å². The minimum Gasteiger partial charge on any atom is -0.383 e. The van der Waals surface area contributed by atoms with Gasteiger partial charge in [0, 0.05) is 19.9 Å². The van der Waals surface area contributed by atoms with Crippen LogP contribution in [0.15, 0.2) is 16.8 Å². The fourth-order valence-corrected chi connectivity index (χ4v) is 1.60. The summed E-state index contributed by atoms with van der Waals surface area (Å²) < 4.78 is 10.0. The van der Waals surface area contributed by atoms with E-state index in [0.29, 0.717) is 25.0 Å². The minimum absolute atomic E-state index is 0.379. The summed E-state index contributed by atoms with van der Waals surface area (Å²) in [5.74, 6) is 0.493. The molecule has 6 heteroatoms. The number of aromatic nitrogens is 3. The number of aryl methyl sites for hydroxylation is 2. The van der Waals surface area contributed by atoms with Crippen molar-refractivity contribution in [1.82, 2.24) is 15.1 Å². The number of anilines is 1. The topological polar surface area (TPSA) is 73.1 Å². The first-order valence-corrected chi connectivity index (χ1v) is 5.71. The van der Waals surface area contributed by atoms with Crippen LogP contribution < -0.4 is 5.32 Å². The van der Waals surface area contributed by atoms with E-state index in [9.17, 15) is 0 Å². The SMILES string of the molecule is COCCNc1nc(-c2ncc(C)cc2C)no1. The Bertz CT molecular complexity index is 525. The lowest BCUT2D eigenvalue weighted by Crippen LogP contribution is -2.07. The van der Waals surface area contributed by atoms with Crippen molar-refractivity contribution in [2.75, 3.05) is 25.6 Å². The molecule has 1 N–H and O–H groups in total. The standard InChI is InChI=1S/C12H16N4O2/c1-8-6-9(2)10(14-7-8)11-15-12(18-16-11)13-4-5-17-3/h6-7H,4-5H2,1-3H3,(H,13,15,16). The highest BCUT2D eigenvalue weighted by atomic mass is 16.5. The molecule has 18 heavy (non-hydrogen) atoms. The van der Waals surface area contributed by atoms with Gasteiger partial charge in [-0.1, -0.05) is 11.2 Å². The van der Waals surface area contributed by atoms with E-state index in [0.717, 1.165) is 16.8 Å². The quantitative estimate of drug-likeness (QED) is 0.813. The van der Waals surface area contributed by atoms with Gasteiger partial charge in [-0.05, 0) is 25.0 Å². The Morgan fingerprint density at radius 1 is 1.39 bits per heavy atom. The first-order chi connectivity index (χ1) is 8.70. The van der Waals surface area contributed by atoms with E-state index in [1.807, 2.05) is 19.9 Å². The Hall–Kier alpha value is -1.95. The third-order valence-electron chi connectivity index (χ3n) is 2.44. The molecule has 0 aliphatic rings. The molecular weight excluding hydrogens is 232 g/mol. The largest absolute Gasteiger partial charge is 0.383 e. The summed E-state index contributed by atoms with van der Waals surface area (Å²) in [6.07, 6.45) is 1.79. The minimum atomic E-state index is 0.379. The molecule has 96 valence electrons. The third kappa shape index (κ3) is 2.84. The van der Waals surface area contributed by atoms with E-state index in [-0.39, 0.29) is 0 Å². The van der Waals surface area contributed by atoms with Gasteiger partial charge in [-0.2, -0.15) is 4.98 Å². The van der Waals surface area contributed by atoms with E-state index in [1.165, 1.54) is 0 Å². The number of rotatable bonds is 5. The van der Waals surface area contributed by atoms with Crippen molar-refractivity contribution >= 4 is 6.01 Å². The number of methoxy groups -OCH3 is 1. The van der Waals surface area contributed by atoms with Crippen LogP contribution in [0.1, 0.15) is 11.1 Å². The van der Waals surface area contributed by atoms with Crippen LogP contribution in [0, 0.1) is 13.8 Å². The molecule has 2 rings (SSSR count). The molecule has 0 spiro atoms. The molecule has 0 unspecified atom stereocenters. The Morgan fingerprint density at radius 3 is 2.94 bits per heavy atom. The molecule has 0 saturated heterocycles. The summed E-state index contributed by atoms with van der Waals surface area (Å²) in [6.45, 7) is 5.18. The predicted octanol–water partition coefficient (Wildman–Crippen LogP) is 1.81. The van der Waals surface area contributed by atoms with Gasteiger partial charge in [0.1, 0.15) is 5.69 Å². The van der Waals surface area contributed by atoms with Crippen LogP contribution in [0.3, 0.4) is 0 Å². The smallest absolute Gasteiger partial charge is 0.321 e. The van der Waals surface area contributed by atoms with Gasteiger partial charge in [-0.25, -0.2) is 0 Å². The highest BCUT2D eigenvalue weighted by Crippen LogP contribution is 2.19. The van der Waals surface area contributed by atoms with Gasteiger partial charge in [0.25, 0.3) is 0 Å². The summed E-state index contributed by atoms with van der Waals surface area (Å²) in [4.78, 5) is 8.56. The maximum atomic E-state index is 5.08. The summed E-state index contributed by atoms with van der Waals surface area (Å²) in [5.41, 5.74) is 2.88. The van der Waals surface area contributed by atoms with Gasteiger partial charge >= 0.3 is 6.01 Å². The average Bonchev–Trinajstić information content (AvgIpc) is 2.78. The summed E-state index contributed by atoms with van der Waals surface area (Å²) in [5, 5.41) is 6.88. The second kappa shape index (κ2) is 5.59. The fourth-order valence-electron chi connectivity index (χ4n) is 1.60. The molecule has 6 nitrogen and oxygen atoms in total. The molecule has 0 aliphatic carbocycles. The molecule has 0 amide bonds. The Balaban J connectivity index is 2.13. The van der Waals surface area contributed by atoms with Crippen LogP contribution in [-0.2, 0) is 4.74 Å². The van der Waals surface area contributed by atoms with Crippen molar-refractivity contribution in [3.8, 4) is 11.5 Å². The van der Waals surface area contributed by atoms with Crippen LogP contribution >= 0.6 is 0 Å². The predicted molar refractivity (Wildman–Crippen MR) is 67.4 cm³/mol. The molecule has 2 aromatic rings. The maximum absolute atomic E-state index is 5.08. The van der Waals surface area contributed by atoms with E-state index in [4.69, 9.17) is 9.26 Å². The van der Waals surface area contributed by atoms with Gasteiger partial charge in [0.15, 0.2) is 0 Å². The monoisotopic (exact) mass is 248 g/mol. The molecule has 0 atom stereocenters. The van der Waals surface area contributed by atoms with Crippen molar-refractivity contribution < 1.29 is 9.26 Å². The summed E-state index contributed by atoms with van der Waals surface area (Å²) >= 11 is 0. The highest BCUT2D eigenvalue weighted by Gasteiger charge is 2.11. The average molecular weight is 248 g/mol. The van der Waals surface area contributed by atoms with Gasteiger partial charge in [-0.15, -0.1) is 0 Å². The molecule has 0 aliphatic heterocycles. The molecule has 0 radical (unpaired) electrons. The molecule has 0 fully saturated rings. The number of nitrogens with one attached hydrogen (secondary N) is 1. The number of ether oxygens (including phenoxy) is 1. The molecular formula is C12H16N4O2. The second-order valence-electron chi connectivity index (χ2n) is 4.02. The molecule has 0 bridgehead atoms. The molecule has 0 saturated carbocycles. The van der Waals surface area contributed by atoms with Crippen molar-refractivity contribution in [3.63, 3.8) is 0 Å². The van der Waals surface area contributed by atoms with Crippen molar-refractivity contribution in [1.29, 1.82) is 0 Å². The van der Waals surface area contributed by atoms with Crippen LogP contribution in [-0.4, -0.2) is 35.4 Å². The summed E-state index contributed by atoms with van der Waals surface area (Å²) in [7, 11) is 1.64. The number of pyridine rings is 1. The first-order valence-electron chi connectivity index (χ1n) is 5.71. The zero-order valence-corrected chi connectivity index (χ0v) is 10.7. The lowest BCUT2D eigenvalue weighted by Gasteiger charge is -2.00. The zero-order chi connectivity index (χ0) is 13.0. The lowest BCUT2D eigenvalue weighted by atomic mass is 10.1. The van der Waals surface area contributed by atoms with E-state index in [1.54, 1.807) is 13.3 Å². The fraction of sp³-hybridized carbons (Fsp3) is 0.417. The van der Waals surface area contributed by atoms with Crippen LogP contribution in [0.25, 0.3) is 11.5 Å². The third-order valence-corrected chi connectivity index (χ3v) is 2.44. The second-order valence-corrected chi connectivity index (χ2v) is 4.02. The molecule has 2 aromatic heterocycles. The molecule has 0 aromatic carbocycles. The van der Waals surface area contributed by atoms with Crippen molar-refractivity contribution in [2.24, 2.45) is 0 Å². The number of hydrogen-bond acceptors (Lipinski definition) is 6. The Labute approximate surface area is 105 Å². The lowest BCUT2D eigenvalue weighted by molar-refractivity contribution is 0.210. The van der Waals surface area contributed by atoms with Crippen molar-refractivity contribution in [2.45, 2.75) is 13.8 Å². The normalized spacial score (nSPS) is 10.6. The number of nitrogens with zero attached hydrogens (tertiary/aromatic N) is 3. The first kappa shape index (κ1) is 12.5. The Morgan fingerprint density at radius 2 is 2.22 bits per heavy atom. The zero-order valence-electron chi connectivity index (χ0n) is 10.7. The summed E-state index contributed by atoms with van der Waals surface area (Å²) in [6, 6.07) is 2.42. The van der Waals surface area contributed by atoms with Gasteiger partial charge in [0.05, 0.1) is 6.61 Å². The van der Waals surface area contributed by atoms with E-state index >= 15 is 0 Å². The highest BCUT2D eigenvalue weighted by molar-refractivity contribution is 5.55. The number of hydrogen-bond donors (Lipinski definition) is 1. The van der Waals surface area contributed by atoms with E-state index < -0.39 is 0 Å². The van der Waals surface area contributed by atoms with Gasteiger partial charge in [-0.3, -0.25) is 4.98 Å². The van der Waals surface area contributed by atoms with Crippen LogP contribution in [0.2, 0.25) is 0 Å². The van der Waals surface area contributed by atoms with Crippen LogP contribution in [0.4, 0.5) is 6.01 Å². The van der Waals surface area contributed by atoms with E-state index in [2.05, 4.69) is 20.4 Å². The Kier molecular flexibility index (Phi) is 3.88. The molecule has 2 heterocycles. The maximum Gasteiger partial charge on any atom is 0.321 e. The van der Waals surface area contributed by atoms with Crippen molar-refractivity contribution in [3.05, 3.63) is 23.4 Å². The van der Waals surface area contributed by atoms with Crippen LogP contribution in [0.5, 0.6) is 0 Å².